The molecular weight excluding hydrogens is 500 g/mol. The van der Waals surface area contributed by atoms with Crippen molar-refractivity contribution in [1.82, 2.24) is 14.5 Å². The smallest absolute Gasteiger partial charge is 0.352 e. The Morgan fingerprint density at radius 3 is 2.59 bits per heavy atom. The quantitative estimate of drug-likeness (QED) is 0.368. The van der Waals surface area contributed by atoms with Crippen molar-refractivity contribution in [3.05, 3.63) is 71.6 Å². The summed E-state index contributed by atoms with van der Waals surface area (Å²) in [6.45, 7) is 0.452. The lowest BCUT2D eigenvalue weighted by Crippen LogP contribution is -2.42. The standard InChI is InChI=1S/C16H17FN4OS.C10H8FNO2/c17-10-3-1-2-8(4-10)14-13(20-16(19)23-14)15(22)21-11(7-18)5-9-6-12(9)21;1-12-8-3-2-7(11)4-6(8)5-9(12)10(13)14/h1-4,9,11-12H,5-7,18H2,(H2,19,20);2-5H,1H3,(H,13,14)/t9-,11+,12+;/m1./s1. The number of aromatic carboxylic acids is 1. The van der Waals surface area contributed by atoms with Gasteiger partial charge in [-0.2, -0.15) is 0 Å². The number of aromatic nitrogens is 2. The number of piperidine rings is 1. The average molecular weight is 526 g/mol. The number of likely N-dealkylation sites (tertiary alicyclic amines) is 1. The van der Waals surface area contributed by atoms with Crippen LogP contribution in [-0.2, 0) is 7.05 Å². The maximum Gasteiger partial charge on any atom is 0.352 e. The van der Waals surface area contributed by atoms with Crippen LogP contribution in [0.5, 0.6) is 0 Å². The van der Waals surface area contributed by atoms with E-state index in [4.69, 9.17) is 16.6 Å². The zero-order chi connectivity index (χ0) is 26.4. The van der Waals surface area contributed by atoms with Gasteiger partial charge in [-0.25, -0.2) is 18.6 Å². The van der Waals surface area contributed by atoms with Gasteiger partial charge in [0.2, 0.25) is 0 Å². The highest BCUT2D eigenvalue weighted by atomic mass is 32.1. The van der Waals surface area contributed by atoms with Gasteiger partial charge in [0.25, 0.3) is 5.91 Å². The Morgan fingerprint density at radius 2 is 1.89 bits per heavy atom. The first-order valence-corrected chi connectivity index (χ1v) is 12.5. The molecule has 0 bridgehead atoms. The fourth-order valence-corrected chi connectivity index (χ4v) is 5.86. The number of thiazole rings is 1. The predicted molar refractivity (Wildman–Crippen MR) is 137 cm³/mol. The summed E-state index contributed by atoms with van der Waals surface area (Å²) in [7, 11) is 1.64. The Bertz CT molecular complexity index is 1520. The molecule has 1 amide bonds. The number of nitrogens with two attached hydrogens (primary N) is 2. The molecule has 5 N–H and O–H groups in total. The summed E-state index contributed by atoms with van der Waals surface area (Å²) in [5.74, 6) is -1.29. The first-order chi connectivity index (χ1) is 17.7. The van der Waals surface area contributed by atoms with Gasteiger partial charge in [0.15, 0.2) is 5.13 Å². The Labute approximate surface area is 215 Å². The van der Waals surface area contributed by atoms with Crippen molar-refractivity contribution in [2.45, 2.75) is 24.9 Å². The molecule has 11 heteroatoms. The summed E-state index contributed by atoms with van der Waals surface area (Å²) in [6, 6.07) is 12.1. The lowest BCUT2D eigenvalue weighted by Gasteiger charge is -2.26. The molecule has 192 valence electrons. The number of rotatable bonds is 4. The summed E-state index contributed by atoms with van der Waals surface area (Å²) < 4.78 is 27.9. The monoisotopic (exact) mass is 525 g/mol. The number of fused-ring (bicyclic) bond motifs is 2. The number of nitrogens with zero attached hydrogens (tertiary/aromatic N) is 3. The van der Waals surface area contributed by atoms with Crippen molar-refractivity contribution in [2.24, 2.45) is 18.7 Å². The number of amides is 1. The molecule has 3 heterocycles. The van der Waals surface area contributed by atoms with E-state index in [1.807, 2.05) is 4.90 Å². The lowest BCUT2D eigenvalue weighted by molar-refractivity contribution is 0.0682. The van der Waals surface area contributed by atoms with Gasteiger partial charge in [-0.3, -0.25) is 4.79 Å². The van der Waals surface area contributed by atoms with Gasteiger partial charge in [0, 0.05) is 36.6 Å². The second kappa shape index (κ2) is 9.56. The second-order valence-electron chi connectivity index (χ2n) is 9.24. The fraction of sp³-hybridized carbons (Fsp3) is 0.269. The zero-order valence-corrected chi connectivity index (χ0v) is 20.7. The van der Waals surface area contributed by atoms with Crippen molar-refractivity contribution >= 4 is 39.2 Å². The Balaban J connectivity index is 0.000000171. The highest BCUT2D eigenvalue weighted by Gasteiger charge is 2.54. The molecule has 0 radical (unpaired) electrons. The van der Waals surface area contributed by atoms with Crippen LogP contribution in [0, 0.1) is 17.6 Å². The van der Waals surface area contributed by atoms with E-state index in [2.05, 4.69) is 4.98 Å². The van der Waals surface area contributed by atoms with Crippen LogP contribution >= 0.6 is 11.3 Å². The number of carbonyl (C=O) groups excluding carboxylic acids is 1. The number of aryl methyl sites for hydroxylation is 1. The third-order valence-electron chi connectivity index (χ3n) is 6.87. The van der Waals surface area contributed by atoms with Gasteiger partial charge in [0.1, 0.15) is 23.0 Å². The SMILES string of the molecule is Cn1c(C(=O)O)cc2cc(F)ccc21.NC[C@@H]1C[C@@H]2C[C@@H]2N1C(=O)c1nc(N)sc1-c1cccc(F)c1. The molecule has 1 saturated carbocycles. The van der Waals surface area contributed by atoms with Crippen molar-refractivity contribution in [2.75, 3.05) is 12.3 Å². The number of halogens is 2. The minimum Gasteiger partial charge on any atom is -0.477 e. The molecule has 2 aliphatic rings. The molecule has 2 aromatic heterocycles. The van der Waals surface area contributed by atoms with E-state index < -0.39 is 5.97 Å². The number of hydrogen-bond acceptors (Lipinski definition) is 6. The topological polar surface area (TPSA) is 127 Å². The number of benzene rings is 2. The molecule has 0 unspecified atom stereocenters. The van der Waals surface area contributed by atoms with E-state index in [9.17, 15) is 18.4 Å². The summed E-state index contributed by atoms with van der Waals surface area (Å²) in [6.07, 6.45) is 2.00. The summed E-state index contributed by atoms with van der Waals surface area (Å²) in [5.41, 5.74) is 13.4. The van der Waals surface area contributed by atoms with E-state index >= 15 is 0 Å². The van der Waals surface area contributed by atoms with E-state index in [0.29, 0.717) is 44.6 Å². The minimum atomic E-state index is -1.01. The zero-order valence-electron chi connectivity index (χ0n) is 19.9. The Hall–Kier alpha value is -3.83. The first-order valence-electron chi connectivity index (χ1n) is 11.7. The van der Waals surface area contributed by atoms with Crippen LogP contribution in [0.25, 0.3) is 21.3 Å². The van der Waals surface area contributed by atoms with Gasteiger partial charge in [-0.15, -0.1) is 0 Å². The van der Waals surface area contributed by atoms with Crippen LogP contribution < -0.4 is 11.5 Å². The summed E-state index contributed by atoms with van der Waals surface area (Å²) >= 11 is 1.21. The van der Waals surface area contributed by atoms with E-state index in [0.717, 1.165) is 12.8 Å². The summed E-state index contributed by atoms with van der Waals surface area (Å²) in [4.78, 5) is 30.5. The largest absolute Gasteiger partial charge is 0.477 e. The highest BCUT2D eigenvalue weighted by Crippen LogP contribution is 2.48. The van der Waals surface area contributed by atoms with Gasteiger partial charge >= 0.3 is 5.97 Å². The minimum absolute atomic E-state index is 0.0644. The molecule has 1 aliphatic heterocycles. The Morgan fingerprint density at radius 1 is 1.14 bits per heavy atom. The molecule has 1 aliphatic carbocycles. The molecule has 2 aromatic carbocycles. The van der Waals surface area contributed by atoms with Crippen LogP contribution in [0.4, 0.5) is 13.9 Å². The number of carboxylic acids is 1. The maximum atomic E-state index is 13.5. The lowest BCUT2D eigenvalue weighted by atomic mass is 10.1. The van der Waals surface area contributed by atoms with Crippen molar-refractivity contribution < 1.29 is 23.5 Å². The molecule has 6 rings (SSSR count). The third-order valence-corrected chi connectivity index (χ3v) is 7.81. The second-order valence-corrected chi connectivity index (χ2v) is 10.3. The van der Waals surface area contributed by atoms with E-state index in [1.54, 1.807) is 25.2 Å². The molecule has 4 aromatic rings. The number of nitrogen functional groups attached to an aromatic ring is 1. The molecule has 2 fully saturated rings. The maximum absolute atomic E-state index is 13.5. The number of carboxylic acid groups (broad SMARTS) is 1. The predicted octanol–water partition coefficient (Wildman–Crippen LogP) is 4.11. The van der Waals surface area contributed by atoms with Crippen molar-refractivity contribution in [3.8, 4) is 10.4 Å². The molecule has 37 heavy (non-hydrogen) atoms. The van der Waals surface area contributed by atoms with Gasteiger partial charge in [0.05, 0.1) is 4.88 Å². The van der Waals surface area contributed by atoms with E-state index in [-0.39, 0.29) is 35.3 Å². The highest BCUT2D eigenvalue weighted by molar-refractivity contribution is 7.19. The van der Waals surface area contributed by atoms with Gasteiger partial charge in [-0.1, -0.05) is 23.5 Å². The first kappa shape index (κ1) is 24.8. The molecule has 0 spiro atoms. The fourth-order valence-electron chi connectivity index (χ4n) is 5.04. The Kier molecular flexibility index (Phi) is 6.42. The van der Waals surface area contributed by atoms with Crippen LogP contribution in [0.1, 0.15) is 33.8 Å². The van der Waals surface area contributed by atoms with Gasteiger partial charge in [-0.05, 0) is 60.7 Å². The molecule has 8 nitrogen and oxygen atoms in total. The summed E-state index contributed by atoms with van der Waals surface area (Å²) in [5, 5.41) is 9.73. The van der Waals surface area contributed by atoms with Crippen LogP contribution in [0.2, 0.25) is 0 Å². The average Bonchev–Trinajstić information content (AvgIpc) is 3.19. The molecule has 1 saturated heterocycles. The van der Waals surface area contributed by atoms with Crippen molar-refractivity contribution in [3.63, 3.8) is 0 Å². The molecule has 3 atom stereocenters. The number of anilines is 1. The van der Waals surface area contributed by atoms with Crippen LogP contribution in [-0.4, -0.2) is 50.1 Å². The normalized spacial score (nSPS) is 19.9. The van der Waals surface area contributed by atoms with Gasteiger partial charge < -0.3 is 26.0 Å². The number of hydrogen-bond donors (Lipinski definition) is 3. The van der Waals surface area contributed by atoms with E-state index in [1.165, 1.54) is 46.2 Å². The van der Waals surface area contributed by atoms with Crippen LogP contribution in [0.3, 0.4) is 0 Å². The molecular formula is C26H25F2N5O3S. The number of carbonyl (C=O) groups is 2. The third kappa shape index (κ3) is 4.67. The van der Waals surface area contributed by atoms with Crippen LogP contribution in [0.15, 0.2) is 48.5 Å². The van der Waals surface area contributed by atoms with Crippen molar-refractivity contribution in [1.29, 1.82) is 0 Å².